The lowest BCUT2D eigenvalue weighted by Gasteiger charge is -1.84. The Morgan fingerprint density at radius 2 is 2.50 bits per heavy atom. The molecule has 0 spiro atoms. The average molecular weight is 125 g/mol. The van der Waals surface area contributed by atoms with Crippen LogP contribution in [0.2, 0.25) is 0 Å². The number of hydrogen-bond donors (Lipinski definition) is 1. The molecule has 0 atom stereocenters. The zero-order valence-electron chi connectivity index (χ0n) is 4.64. The summed E-state index contributed by atoms with van der Waals surface area (Å²) < 4.78 is 0. The van der Waals surface area contributed by atoms with E-state index < -0.39 is 0 Å². The normalized spacial score (nSPS) is 9.12. The summed E-state index contributed by atoms with van der Waals surface area (Å²) in [5.74, 6) is 0. The smallest absolute Gasteiger partial charge is 0.0363 e. The average Bonchev–Trinajstić information content (AvgIpc) is 2.12. The van der Waals surface area contributed by atoms with E-state index in [1.54, 1.807) is 18.3 Å². The van der Waals surface area contributed by atoms with Gasteiger partial charge in [0.15, 0.2) is 0 Å². The van der Waals surface area contributed by atoms with E-state index in [0.717, 1.165) is 5.56 Å². The minimum atomic E-state index is 0.645. The molecular formula is C6H7NS. The maximum absolute atomic E-state index is 7.16. The zero-order chi connectivity index (χ0) is 5.98. The Hall–Kier alpha value is -0.630. The van der Waals surface area contributed by atoms with Crippen LogP contribution in [0.3, 0.4) is 0 Å². The highest BCUT2D eigenvalue weighted by Gasteiger charge is 1.90. The largest absolute Gasteiger partial charge is 0.305 e. The van der Waals surface area contributed by atoms with Crippen LogP contribution < -0.4 is 0 Å². The van der Waals surface area contributed by atoms with Crippen molar-refractivity contribution in [3.05, 3.63) is 22.4 Å². The minimum absolute atomic E-state index is 0.645. The first-order valence-corrected chi connectivity index (χ1v) is 3.32. The van der Waals surface area contributed by atoms with E-state index in [4.69, 9.17) is 5.41 Å². The van der Waals surface area contributed by atoms with E-state index in [1.165, 1.54) is 0 Å². The molecule has 0 aromatic carbocycles. The molecule has 0 aliphatic carbocycles. The number of nitrogens with one attached hydrogen (secondary N) is 1. The van der Waals surface area contributed by atoms with Gasteiger partial charge < -0.3 is 5.41 Å². The summed E-state index contributed by atoms with van der Waals surface area (Å²) in [5, 5.41) is 11.1. The molecule has 0 saturated heterocycles. The molecule has 1 nitrogen and oxygen atoms in total. The van der Waals surface area contributed by atoms with Crippen molar-refractivity contribution in [2.24, 2.45) is 0 Å². The van der Waals surface area contributed by atoms with E-state index in [1.807, 2.05) is 16.8 Å². The molecule has 1 heterocycles. The lowest BCUT2D eigenvalue weighted by atomic mass is 10.2. The fourth-order valence-electron chi connectivity index (χ4n) is 0.478. The van der Waals surface area contributed by atoms with Gasteiger partial charge >= 0.3 is 0 Å². The second-order valence-corrected chi connectivity index (χ2v) is 2.42. The molecule has 2 heteroatoms. The zero-order valence-corrected chi connectivity index (χ0v) is 5.46. The SMILES string of the molecule is CC(=N)c1ccsc1. The Labute approximate surface area is 52.5 Å². The van der Waals surface area contributed by atoms with Crippen LogP contribution in [0.1, 0.15) is 12.5 Å². The highest BCUT2D eigenvalue weighted by molar-refractivity contribution is 7.08. The molecule has 0 fully saturated rings. The fraction of sp³-hybridized carbons (Fsp3) is 0.167. The summed E-state index contributed by atoms with van der Waals surface area (Å²) in [4.78, 5) is 0. The molecule has 1 aromatic heterocycles. The first kappa shape index (κ1) is 5.51. The van der Waals surface area contributed by atoms with Gasteiger partial charge in [-0.15, -0.1) is 0 Å². The predicted octanol–water partition coefficient (Wildman–Crippen LogP) is 2.14. The van der Waals surface area contributed by atoms with Gasteiger partial charge in [-0.1, -0.05) is 0 Å². The van der Waals surface area contributed by atoms with Gasteiger partial charge in [-0.3, -0.25) is 0 Å². The number of hydrogen-bond acceptors (Lipinski definition) is 2. The van der Waals surface area contributed by atoms with E-state index in [9.17, 15) is 0 Å². The van der Waals surface area contributed by atoms with E-state index >= 15 is 0 Å². The van der Waals surface area contributed by atoms with Crippen LogP contribution in [-0.4, -0.2) is 5.71 Å². The monoisotopic (exact) mass is 125 g/mol. The van der Waals surface area contributed by atoms with E-state index in [-0.39, 0.29) is 0 Å². The lowest BCUT2D eigenvalue weighted by Crippen LogP contribution is -1.85. The second kappa shape index (κ2) is 2.09. The number of rotatable bonds is 1. The first-order valence-electron chi connectivity index (χ1n) is 2.38. The van der Waals surface area contributed by atoms with Gasteiger partial charge in [0.1, 0.15) is 0 Å². The van der Waals surface area contributed by atoms with Gasteiger partial charge in [0.25, 0.3) is 0 Å². The van der Waals surface area contributed by atoms with Gasteiger partial charge in [-0.05, 0) is 23.8 Å². The Kier molecular flexibility index (Phi) is 1.44. The highest BCUT2D eigenvalue weighted by atomic mass is 32.1. The van der Waals surface area contributed by atoms with Crippen molar-refractivity contribution in [2.75, 3.05) is 0 Å². The predicted molar refractivity (Wildman–Crippen MR) is 36.8 cm³/mol. The molecule has 0 saturated carbocycles. The molecule has 42 valence electrons. The van der Waals surface area contributed by atoms with Crippen LogP contribution in [0.5, 0.6) is 0 Å². The standard InChI is InChI=1S/C6H7NS/c1-5(7)6-2-3-8-4-6/h2-4,7H,1H3. The van der Waals surface area contributed by atoms with Crippen LogP contribution in [0.4, 0.5) is 0 Å². The van der Waals surface area contributed by atoms with Crippen molar-refractivity contribution in [3.63, 3.8) is 0 Å². The van der Waals surface area contributed by atoms with Crippen molar-refractivity contribution in [3.8, 4) is 0 Å². The Morgan fingerprint density at radius 1 is 1.75 bits per heavy atom. The lowest BCUT2D eigenvalue weighted by molar-refractivity contribution is 1.47. The minimum Gasteiger partial charge on any atom is -0.305 e. The van der Waals surface area contributed by atoms with Gasteiger partial charge in [-0.25, -0.2) is 0 Å². The van der Waals surface area contributed by atoms with Crippen molar-refractivity contribution in [1.82, 2.24) is 0 Å². The topological polar surface area (TPSA) is 23.9 Å². The third-order valence-corrected chi connectivity index (χ3v) is 1.64. The summed E-state index contributed by atoms with van der Waals surface area (Å²) >= 11 is 1.63. The molecule has 0 aliphatic heterocycles. The first-order chi connectivity index (χ1) is 3.80. The molecule has 0 bridgehead atoms. The molecule has 1 aromatic rings. The summed E-state index contributed by atoms with van der Waals surface area (Å²) in [6.45, 7) is 1.79. The van der Waals surface area contributed by atoms with Gasteiger partial charge in [0, 0.05) is 11.3 Å². The Morgan fingerprint density at radius 3 is 2.75 bits per heavy atom. The maximum atomic E-state index is 7.16. The molecule has 0 radical (unpaired) electrons. The Balaban J connectivity index is 2.93. The quantitative estimate of drug-likeness (QED) is 0.556. The van der Waals surface area contributed by atoms with Gasteiger partial charge in [0.2, 0.25) is 0 Å². The summed E-state index contributed by atoms with van der Waals surface area (Å²) in [7, 11) is 0. The summed E-state index contributed by atoms with van der Waals surface area (Å²) in [5.41, 5.74) is 1.68. The van der Waals surface area contributed by atoms with Crippen LogP contribution in [0.15, 0.2) is 16.8 Å². The molecule has 0 aliphatic rings. The molecular weight excluding hydrogens is 118 g/mol. The van der Waals surface area contributed by atoms with Crippen LogP contribution in [-0.2, 0) is 0 Å². The fourth-order valence-corrected chi connectivity index (χ4v) is 1.18. The second-order valence-electron chi connectivity index (χ2n) is 1.64. The van der Waals surface area contributed by atoms with Gasteiger partial charge in [0.05, 0.1) is 0 Å². The van der Waals surface area contributed by atoms with Crippen molar-refractivity contribution in [1.29, 1.82) is 5.41 Å². The van der Waals surface area contributed by atoms with E-state index in [0.29, 0.717) is 5.71 Å². The van der Waals surface area contributed by atoms with Gasteiger partial charge in [-0.2, -0.15) is 11.3 Å². The van der Waals surface area contributed by atoms with Crippen molar-refractivity contribution >= 4 is 17.0 Å². The molecule has 1 N–H and O–H groups in total. The molecule has 0 amide bonds. The van der Waals surface area contributed by atoms with E-state index in [2.05, 4.69) is 0 Å². The number of thiophene rings is 1. The summed E-state index contributed by atoms with van der Waals surface area (Å²) in [6.07, 6.45) is 0. The summed E-state index contributed by atoms with van der Waals surface area (Å²) in [6, 6.07) is 1.95. The third-order valence-electron chi connectivity index (χ3n) is 0.954. The van der Waals surface area contributed by atoms with Crippen LogP contribution in [0.25, 0.3) is 0 Å². The molecule has 1 rings (SSSR count). The molecule has 0 unspecified atom stereocenters. The molecule has 8 heavy (non-hydrogen) atoms. The van der Waals surface area contributed by atoms with Crippen LogP contribution in [0, 0.1) is 5.41 Å². The Bertz CT molecular complexity index is 176. The maximum Gasteiger partial charge on any atom is 0.0363 e. The third kappa shape index (κ3) is 0.954. The van der Waals surface area contributed by atoms with Crippen molar-refractivity contribution in [2.45, 2.75) is 6.92 Å². The highest BCUT2D eigenvalue weighted by Crippen LogP contribution is 2.05. The van der Waals surface area contributed by atoms with Crippen molar-refractivity contribution < 1.29 is 0 Å². The van der Waals surface area contributed by atoms with Crippen LogP contribution >= 0.6 is 11.3 Å².